The number of carbonyl (C=O) groups excluding carboxylic acids is 2. The van der Waals surface area contributed by atoms with E-state index in [2.05, 4.69) is 11.4 Å². The number of fused-ring (bicyclic) bond motifs is 3. The SMILES string of the molecule is Cc1cccc(N2C(N)=C(C#N)C3(C(=O)Nc4ccc(C)cc43)C3=C2CC(C)(C)CC3=O)c1. The number of nitriles is 1. The molecule has 0 bridgehead atoms. The molecule has 1 unspecified atom stereocenters. The number of nitrogens with two attached hydrogens (primary N) is 1. The minimum Gasteiger partial charge on any atom is -0.384 e. The number of hydrogen-bond acceptors (Lipinski definition) is 5. The van der Waals surface area contributed by atoms with Gasteiger partial charge in [0.1, 0.15) is 17.3 Å². The Bertz CT molecular complexity index is 1360. The molecule has 3 N–H and O–H groups in total. The van der Waals surface area contributed by atoms with Gasteiger partial charge >= 0.3 is 0 Å². The van der Waals surface area contributed by atoms with E-state index in [1.54, 1.807) is 0 Å². The van der Waals surface area contributed by atoms with Gasteiger partial charge in [-0.05, 0) is 49.4 Å². The van der Waals surface area contributed by atoms with Crippen molar-refractivity contribution in [1.82, 2.24) is 0 Å². The Morgan fingerprint density at radius 1 is 1.06 bits per heavy atom. The fourth-order valence-electron chi connectivity index (χ4n) is 5.59. The maximum absolute atomic E-state index is 13.8. The summed E-state index contributed by atoms with van der Waals surface area (Å²) in [6, 6.07) is 15.6. The zero-order chi connectivity index (χ0) is 23.7. The van der Waals surface area contributed by atoms with E-state index < -0.39 is 11.3 Å². The van der Waals surface area contributed by atoms with Gasteiger partial charge in [0, 0.05) is 34.6 Å². The number of benzene rings is 2. The Hall–Kier alpha value is -3.85. The van der Waals surface area contributed by atoms with E-state index in [0.717, 1.165) is 16.8 Å². The topological polar surface area (TPSA) is 99.2 Å². The fourth-order valence-corrected chi connectivity index (χ4v) is 5.59. The maximum atomic E-state index is 13.8. The van der Waals surface area contributed by atoms with E-state index in [0.29, 0.717) is 35.4 Å². The number of Topliss-reactive ketones (excluding diaryl/α,β-unsaturated/α-hetero) is 1. The number of hydrogen-bond donors (Lipinski definition) is 2. The van der Waals surface area contributed by atoms with Gasteiger partial charge in [-0.1, -0.05) is 43.7 Å². The molecule has 1 atom stereocenters. The number of aryl methyl sites for hydroxylation is 2. The molecule has 0 saturated heterocycles. The van der Waals surface area contributed by atoms with Crippen LogP contribution in [0.3, 0.4) is 0 Å². The molecule has 33 heavy (non-hydrogen) atoms. The second-order valence-corrected chi connectivity index (χ2v) is 10.1. The highest BCUT2D eigenvalue weighted by Gasteiger charge is 2.61. The lowest BCUT2D eigenvalue weighted by Gasteiger charge is -2.46. The largest absolute Gasteiger partial charge is 0.384 e. The normalized spacial score (nSPS) is 23.4. The minimum absolute atomic E-state index is 0.0951. The summed E-state index contributed by atoms with van der Waals surface area (Å²) in [7, 11) is 0. The predicted molar refractivity (Wildman–Crippen MR) is 127 cm³/mol. The number of amides is 1. The van der Waals surface area contributed by atoms with E-state index in [4.69, 9.17) is 5.73 Å². The smallest absolute Gasteiger partial charge is 0.245 e. The van der Waals surface area contributed by atoms with Gasteiger partial charge in [0.25, 0.3) is 0 Å². The van der Waals surface area contributed by atoms with E-state index in [1.165, 1.54) is 0 Å². The van der Waals surface area contributed by atoms with Gasteiger partial charge in [-0.25, -0.2) is 0 Å². The number of carbonyl (C=O) groups is 2. The van der Waals surface area contributed by atoms with Gasteiger partial charge in [0.15, 0.2) is 5.78 Å². The lowest BCUT2D eigenvalue weighted by molar-refractivity contribution is -0.123. The first kappa shape index (κ1) is 21.0. The average Bonchev–Trinajstić information content (AvgIpc) is 2.99. The maximum Gasteiger partial charge on any atom is 0.245 e. The van der Waals surface area contributed by atoms with Crippen LogP contribution in [0.5, 0.6) is 0 Å². The first-order valence-corrected chi connectivity index (χ1v) is 11.1. The summed E-state index contributed by atoms with van der Waals surface area (Å²) < 4.78 is 0. The number of nitrogens with zero attached hydrogens (tertiary/aromatic N) is 2. The molecule has 1 spiro atoms. The van der Waals surface area contributed by atoms with Crippen molar-refractivity contribution < 1.29 is 9.59 Å². The number of anilines is 2. The summed E-state index contributed by atoms with van der Waals surface area (Å²) >= 11 is 0. The van der Waals surface area contributed by atoms with Crippen LogP contribution in [0.4, 0.5) is 11.4 Å². The summed E-state index contributed by atoms with van der Waals surface area (Å²) in [4.78, 5) is 29.4. The molecular weight excluding hydrogens is 412 g/mol. The standard InChI is InChI=1S/C27H26N4O2/c1-15-6-5-7-17(10-15)31-21-12-26(3,4)13-22(32)23(21)27(19(14-28)24(31)29)18-11-16(2)8-9-20(18)30-25(27)33/h5-11H,12-13,29H2,1-4H3,(H,30,33). The van der Waals surface area contributed by atoms with Gasteiger partial charge in [-0.2, -0.15) is 5.26 Å². The number of rotatable bonds is 1. The highest BCUT2D eigenvalue weighted by atomic mass is 16.2. The third kappa shape index (κ3) is 2.78. The zero-order valence-electron chi connectivity index (χ0n) is 19.2. The number of ketones is 1. The summed E-state index contributed by atoms with van der Waals surface area (Å²) in [6.07, 6.45) is 0.847. The third-order valence-corrected chi connectivity index (χ3v) is 6.91. The van der Waals surface area contributed by atoms with Crippen molar-refractivity contribution in [3.05, 3.63) is 81.8 Å². The van der Waals surface area contributed by atoms with Gasteiger partial charge in [0.2, 0.25) is 5.91 Å². The van der Waals surface area contributed by atoms with Crippen LogP contribution in [-0.4, -0.2) is 11.7 Å². The van der Waals surface area contributed by atoms with Crippen molar-refractivity contribution >= 4 is 23.1 Å². The van der Waals surface area contributed by atoms with Crippen LogP contribution in [0, 0.1) is 30.6 Å². The lowest BCUT2D eigenvalue weighted by Crippen LogP contribution is -2.52. The van der Waals surface area contributed by atoms with Crippen LogP contribution in [0.25, 0.3) is 0 Å². The molecule has 166 valence electrons. The molecule has 2 aromatic rings. The Balaban J connectivity index is 1.92. The summed E-state index contributed by atoms with van der Waals surface area (Å²) in [5.41, 5.74) is 10.0. The quantitative estimate of drug-likeness (QED) is 0.690. The van der Waals surface area contributed by atoms with Crippen molar-refractivity contribution in [2.75, 3.05) is 10.2 Å². The molecule has 0 aromatic heterocycles. The molecule has 6 heteroatoms. The van der Waals surface area contributed by atoms with Crippen molar-refractivity contribution in [3.8, 4) is 6.07 Å². The molecule has 0 fully saturated rings. The monoisotopic (exact) mass is 438 g/mol. The molecule has 2 heterocycles. The van der Waals surface area contributed by atoms with Gasteiger partial charge < -0.3 is 11.1 Å². The first-order valence-electron chi connectivity index (χ1n) is 11.1. The fraction of sp³-hybridized carbons (Fsp3) is 0.296. The van der Waals surface area contributed by atoms with Gasteiger partial charge in [0.05, 0.1) is 5.57 Å². The van der Waals surface area contributed by atoms with Crippen LogP contribution in [0.1, 0.15) is 43.4 Å². The minimum atomic E-state index is -1.54. The van der Waals surface area contributed by atoms with Crippen LogP contribution in [-0.2, 0) is 15.0 Å². The molecule has 3 aliphatic rings. The Labute approximate surface area is 193 Å². The molecule has 6 nitrogen and oxygen atoms in total. The van der Waals surface area contributed by atoms with E-state index in [1.807, 2.05) is 75.1 Å². The summed E-state index contributed by atoms with van der Waals surface area (Å²) in [5.74, 6) is -0.326. The number of nitrogens with one attached hydrogen (secondary N) is 1. The van der Waals surface area contributed by atoms with Crippen LogP contribution < -0.4 is 16.0 Å². The average molecular weight is 439 g/mol. The van der Waals surface area contributed by atoms with E-state index >= 15 is 0 Å². The summed E-state index contributed by atoms with van der Waals surface area (Å²) in [6.45, 7) is 8.00. The third-order valence-electron chi connectivity index (χ3n) is 6.91. The van der Waals surface area contributed by atoms with E-state index in [-0.39, 0.29) is 22.6 Å². The first-order chi connectivity index (χ1) is 15.6. The van der Waals surface area contributed by atoms with Crippen LogP contribution in [0.15, 0.2) is 65.1 Å². The second kappa shape index (κ2) is 6.82. The highest BCUT2D eigenvalue weighted by Crippen LogP contribution is 2.57. The molecular formula is C27H26N4O2. The highest BCUT2D eigenvalue weighted by molar-refractivity contribution is 6.20. The molecule has 2 aliphatic heterocycles. The molecule has 1 aliphatic carbocycles. The van der Waals surface area contributed by atoms with E-state index in [9.17, 15) is 14.9 Å². The zero-order valence-corrected chi connectivity index (χ0v) is 19.2. The second-order valence-electron chi connectivity index (χ2n) is 10.1. The molecule has 2 aromatic carbocycles. The molecule has 0 saturated carbocycles. The molecule has 0 radical (unpaired) electrons. The Kier molecular flexibility index (Phi) is 4.35. The van der Waals surface area contributed by atoms with Gasteiger partial charge in [-0.15, -0.1) is 0 Å². The van der Waals surface area contributed by atoms with Crippen molar-refractivity contribution in [2.45, 2.75) is 46.0 Å². The van der Waals surface area contributed by atoms with Crippen molar-refractivity contribution in [2.24, 2.45) is 11.1 Å². The molecule has 5 rings (SSSR count). The summed E-state index contributed by atoms with van der Waals surface area (Å²) in [5, 5.41) is 13.3. The predicted octanol–water partition coefficient (Wildman–Crippen LogP) is 4.35. The lowest BCUT2D eigenvalue weighted by atomic mass is 9.60. The Morgan fingerprint density at radius 3 is 2.48 bits per heavy atom. The van der Waals surface area contributed by atoms with Crippen molar-refractivity contribution in [3.63, 3.8) is 0 Å². The molecule has 1 amide bonds. The number of allylic oxidation sites excluding steroid dienone is 1. The van der Waals surface area contributed by atoms with Gasteiger partial charge in [-0.3, -0.25) is 14.5 Å². The van der Waals surface area contributed by atoms with Crippen LogP contribution in [0.2, 0.25) is 0 Å². The Morgan fingerprint density at radius 2 is 1.79 bits per heavy atom. The van der Waals surface area contributed by atoms with Crippen LogP contribution >= 0.6 is 0 Å². The van der Waals surface area contributed by atoms with Crippen molar-refractivity contribution in [1.29, 1.82) is 5.26 Å².